The van der Waals surface area contributed by atoms with Crippen LogP contribution >= 0.6 is 0 Å². The molecule has 0 bridgehead atoms. The second kappa shape index (κ2) is 12.1. The molecule has 0 spiro atoms. The maximum absolute atomic E-state index is 14.7. The number of halogens is 1. The maximum atomic E-state index is 14.7. The smallest absolute Gasteiger partial charge is 0.137 e. The fourth-order valence-corrected chi connectivity index (χ4v) is 7.73. The summed E-state index contributed by atoms with van der Waals surface area (Å²) in [5, 5.41) is 4.26. The molecule has 2 heterocycles. The van der Waals surface area contributed by atoms with Crippen molar-refractivity contribution in [2.75, 3.05) is 4.90 Å². The van der Waals surface area contributed by atoms with Gasteiger partial charge in [0.1, 0.15) is 17.0 Å². The van der Waals surface area contributed by atoms with Crippen molar-refractivity contribution in [1.82, 2.24) is 4.57 Å². The lowest BCUT2D eigenvalue weighted by molar-refractivity contribution is 0.629. The molecule has 52 heavy (non-hydrogen) atoms. The lowest BCUT2D eigenvalue weighted by Crippen LogP contribution is -2.10. The Morgan fingerprint density at radius 1 is 0.442 bits per heavy atom. The molecule has 0 saturated carbocycles. The van der Waals surface area contributed by atoms with Crippen molar-refractivity contribution in [3.8, 4) is 27.9 Å². The van der Waals surface area contributed by atoms with Crippen LogP contribution in [-0.2, 0) is 0 Å². The summed E-state index contributed by atoms with van der Waals surface area (Å²) in [5.41, 5.74) is 12.1. The molecule has 2 aromatic heterocycles. The van der Waals surface area contributed by atoms with E-state index in [1.807, 2.05) is 48.5 Å². The maximum Gasteiger partial charge on any atom is 0.137 e. The molecule has 0 atom stereocenters. The molecule has 0 saturated heterocycles. The Labute approximate surface area is 300 Å². The fourth-order valence-electron chi connectivity index (χ4n) is 7.73. The summed E-state index contributed by atoms with van der Waals surface area (Å²) in [6, 6.07) is 64.1. The highest BCUT2D eigenvalue weighted by Crippen LogP contribution is 2.44. The van der Waals surface area contributed by atoms with Gasteiger partial charge in [0.25, 0.3) is 0 Å². The average Bonchev–Trinajstić information content (AvgIpc) is 3.74. The van der Waals surface area contributed by atoms with Gasteiger partial charge in [0.15, 0.2) is 0 Å². The molecule has 3 nitrogen and oxygen atoms in total. The summed E-state index contributed by atoms with van der Waals surface area (Å²) in [6.07, 6.45) is 0. The predicted molar refractivity (Wildman–Crippen MR) is 214 cm³/mol. The van der Waals surface area contributed by atoms with E-state index < -0.39 is 0 Å². The third-order valence-electron chi connectivity index (χ3n) is 10.1. The van der Waals surface area contributed by atoms with Crippen molar-refractivity contribution >= 4 is 60.8 Å². The van der Waals surface area contributed by atoms with E-state index in [-0.39, 0.29) is 5.82 Å². The lowest BCUT2D eigenvalue weighted by Gasteiger charge is -2.27. The van der Waals surface area contributed by atoms with Gasteiger partial charge in [-0.15, -0.1) is 0 Å². The summed E-state index contributed by atoms with van der Waals surface area (Å²) in [5.74, 6) is -0.254. The average molecular weight is 671 g/mol. The second-order valence-corrected chi connectivity index (χ2v) is 13.1. The van der Waals surface area contributed by atoms with Crippen molar-refractivity contribution < 1.29 is 8.81 Å². The van der Waals surface area contributed by atoms with Crippen LogP contribution in [0.4, 0.5) is 21.5 Å². The van der Waals surface area contributed by atoms with E-state index in [9.17, 15) is 4.39 Å². The summed E-state index contributed by atoms with van der Waals surface area (Å²) >= 11 is 0. The van der Waals surface area contributed by atoms with Crippen LogP contribution in [0.25, 0.3) is 71.7 Å². The predicted octanol–water partition coefficient (Wildman–Crippen LogP) is 13.6. The van der Waals surface area contributed by atoms with E-state index in [0.717, 1.165) is 88.7 Å². The van der Waals surface area contributed by atoms with E-state index in [1.165, 1.54) is 6.07 Å². The number of hydrogen-bond donors (Lipinski definition) is 0. The minimum atomic E-state index is -0.254. The molecule has 0 unspecified atom stereocenters. The first-order valence-electron chi connectivity index (χ1n) is 17.5. The Morgan fingerprint density at radius 3 is 2.02 bits per heavy atom. The molecule has 0 aliphatic rings. The van der Waals surface area contributed by atoms with E-state index in [4.69, 9.17) is 4.42 Å². The summed E-state index contributed by atoms with van der Waals surface area (Å²) in [7, 11) is 0. The van der Waals surface area contributed by atoms with Crippen molar-refractivity contribution in [2.24, 2.45) is 0 Å². The number of aromatic nitrogens is 1. The molecule has 4 heteroatoms. The lowest BCUT2D eigenvalue weighted by atomic mass is 10.0. The number of anilines is 3. The van der Waals surface area contributed by atoms with Gasteiger partial charge in [-0.1, -0.05) is 115 Å². The molecule has 0 fully saturated rings. The minimum absolute atomic E-state index is 0.254. The van der Waals surface area contributed by atoms with Gasteiger partial charge in [0, 0.05) is 33.1 Å². The zero-order chi connectivity index (χ0) is 34.6. The van der Waals surface area contributed by atoms with Crippen LogP contribution in [0.15, 0.2) is 192 Å². The number of para-hydroxylation sites is 3. The number of furan rings is 1. The molecule has 8 aromatic carbocycles. The third-order valence-corrected chi connectivity index (χ3v) is 10.1. The Hall–Kier alpha value is -6.91. The van der Waals surface area contributed by atoms with Crippen LogP contribution in [0.2, 0.25) is 0 Å². The first kappa shape index (κ1) is 30.0. The highest BCUT2D eigenvalue weighted by molar-refractivity contribution is 6.13. The largest absolute Gasteiger partial charge is 0.456 e. The van der Waals surface area contributed by atoms with Gasteiger partial charge in [-0.2, -0.15) is 0 Å². The Kier molecular flexibility index (Phi) is 7.00. The van der Waals surface area contributed by atoms with Crippen LogP contribution in [0, 0.1) is 5.82 Å². The highest BCUT2D eigenvalue weighted by atomic mass is 19.1. The number of rotatable bonds is 6. The van der Waals surface area contributed by atoms with Crippen LogP contribution in [0.5, 0.6) is 0 Å². The van der Waals surface area contributed by atoms with Crippen molar-refractivity contribution in [2.45, 2.75) is 0 Å². The molecular formula is C48H31FN2O. The van der Waals surface area contributed by atoms with E-state index in [0.29, 0.717) is 0 Å². The molecule has 0 radical (unpaired) electrons. The minimum Gasteiger partial charge on any atom is -0.456 e. The number of fused-ring (bicyclic) bond motifs is 6. The van der Waals surface area contributed by atoms with Gasteiger partial charge >= 0.3 is 0 Å². The molecule has 0 N–H and O–H groups in total. The molecule has 10 aromatic rings. The topological polar surface area (TPSA) is 21.3 Å². The van der Waals surface area contributed by atoms with Gasteiger partial charge in [0.2, 0.25) is 0 Å². The summed E-state index contributed by atoms with van der Waals surface area (Å²) < 4.78 is 23.3. The second-order valence-electron chi connectivity index (χ2n) is 13.1. The van der Waals surface area contributed by atoms with Gasteiger partial charge in [-0.3, -0.25) is 0 Å². The molecular weight excluding hydrogens is 640 g/mol. The van der Waals surface area contributed by atoms with Gasteiger partial charge < -0.3 is 13.9 Å². The van der Waals surface area contributed by atoms with E-state index >= 15 is 0 Å². The molecule has 246 valence electrons. The Balaban J connectivity index is 1.15. The standard InChI is InChI=1S/C48H31FN2O/c49-35-26-29-40-39-17-5-8-20-43(39)51(45(40)31-35)42-19-7-4-16-38(42)33-24-27-36(28-25-33)50(37-15-10-14-34(30-37)32-12-2-1-3-13-32)44-21-11-23-47-48(44)41-18-6-9-22-46(41)52-47/h1-31H. The first-order chi connectivity index (χ1) is 25.7. The number of hydrogen-bond acceptors (Lipinski definition) is 2. The summed E-state index contributed by atoms with van der Waals surface area (Å²) in [4.78, 5) is 2.32. The zero-order valence-corrected chi connectivity index (χ0v) is 28.1. The van der Waals surface area contributed by atoms with E-state index in [2.05, 4.69) is 137 Å². The molecule has 0 amide bonds. The van der Waals surface area contributed by atoms with Crippen LogP contribution in [0.3, 0.4) is 0 Å². The number of nitrogens with zero attached hydrogens (tertiary/aromatic N) is 2. The van der Waals surface area contributed by atoms with Crippen LogP contribution in [0.1, 0.15) is 0 Å². The number of benzene rings is 8. The molecule has 0 aliphatic carbocycles. The summed E-state index contributed by atoms with van der Waals surface area (Å²) in [6.45, 7) is 0. The van der Waals surface area contributed by atoms with Crippen LogP contribution in [-0.4, -0.2) is 4.57 Å². The quantitative estimate of drug-likeness (QED) is 0.176. The van der Waals surface area contributed by atoms with E-state index in [1.54, 1.807) is 6.07 Å². The van der Waals surface area contributed by atoms with Gasteiger partial charge in [0.05, 0.1) is 27.8 Å². The molecule has 10 rings (SSSR count). The van der Waals surface area contributed by atoms with Gasteiger partial charge in [-0.05, 0) is 89.5 Å². The van der Waals surface area contributed by atoms with Crippen molar-refractivity contribution in [1.29, 1.82) is 0 Å². The van der Waals surface area contributed by atoms with Gasteiger partial charge in [-0.25, -0.2) is 4.39 Å². The Morgan fingerprint density at radius 2 is 1.13 bits per heavy atom. The van der Waals surface area contributed by atoms with Crippen LogP contribution < -0.4 is 4.90 Å². The Bertz CT molecular complexity index is 2920. The van der Waals surface area contributed by atoms with Crippen molar-refractivity contribution in [3.63, 3.8) is 0 Å². The monoisotopic (exact) mass is 670 g/mol. The third kappa shape index (κ3) is 4.88. The first-order valence-corrected chi connectivity index (χ1v) is 17.5. The highest BCUT2D eigenvalue weighted by Gasteiger charge is 2.21. The SMILES string of the molecule is Fc1ccc2c3ccccc3n(-c3ccccc3-c3ccc(N(c4cccc(-c5ccccc5)c4)c4cccc5oc6ccccc6c45)cc3)c2c1. The molecule has 0 aliphatic heterocycles. The fraction of sp³-hybridized carbons (Fsp3) is 0. The normalized spacial score (nSPS) is 11.6. The zero-order valence-electron chi connectivity index (χ0n) is 28.1. The van der Waals surface area contributed by atoms with Crippen molar-refractivity contribution in [3.05, 3.63) is 194 Å².